The van der Waals surface area contributed by atoms with Crippen LogP contribution in [0.1, 0.15) is 26.3 Å². The predicted molar refractivity (Wildman–Crippen MR) is 111 cm³/mol. The Morgan fingerprint density at radius 3 is 2.47 bits per heavy atom. The number of anilines is 1. The topological polar surface area (TPSA) is 117 Å². The Balaban J connectivity index is 1.68. The van der Waals surface area contributed by atoms with E-state index in [2.05, 4.69) is 10.1 Å². The van der Waals surface area contributed by atoms with E-state index in [1.807, 2.05) is 6.07 Å². The first-order valence-electron chi connectivity index (χ1n) is 9.00. The lowest BCUT2D eigenvalue weighted by Gasteiger charge is -2.16. The maximum Gasteiger partial charge on any atom is 0.259 e. The van der Waals surface area contributed by atoms with Crippen LogP contribution < -0.4 is 10.6 Å². The molecule has 8 heteroatoms. The van der Waals surface area contributed by atoms with Gasteiger partial charge in [0.1, 0.15) is 11.9 Å². The van der Waals surface area contributed by atoms with Crippen molar-refractivity contribution in [2.24, 2.45) is 5.73 Å². The summed E-state index contributed by atoms with van der Waals surface area (Å²) in [5, 5.41) is 13.2. The second-order valence-electron chi connectivity index (χ2n) is 6.63. The Morgan fingerprint density at radius 1 is 1.07 bits per heavy atom. The summed E-state index contributed by atoms with van der Waals surface area (Å²) < 4.78 is 1.67. The van der Waals surface area contributed by atoms with Crippen LogP contribution in [0.2, 0.25) is 0 Å². The van der Waals surface area contributed by atoms with Crippen LogP contribution >= 0.6 is 0 Å². The van der Waals surface area contributed by atoms with E-state index >= 15 is 0 Å². The largest absolute Gasteiger partial charge is 0.366 e. The molecule has 2 N–H and O–H groups in total. The Hall–Kier alpha value is -4.51. The number of benzene rings is 1. The third-order valence-electron chi connectivity index (χ3n) is 4.77. The molecule has 0 fully saturated rings. The average Bonchev–Trinajstić information content (AvgIpc) is 3.21. The molecule has 4 aromatic rings. The van der Waals surface area contributed by atoms with Crippen LogP contribution in [0.25, 0.3) is 16.6 Å². The first-order valence-corrected chi connectivity index (χ1v) is 9.00. The number of hydrogen-bond donors (Lipinski definition) is 1. The minimum Gasteiger partial charge on any atom is -0.366 e. The zero-order chi connectivity index (χ0) is 21.3. The summed E-state index contributed by atoms with van der Waals surface area (Å²) in [6, 6.07) is 15.6. The van der Waals surface area contributed by atoms with Crippen LogP contribution in [0.5, 0.6) is 0 Å². The van der Waals surface area contributed by atoms with Gasteiger partial charge in [-0.1, -0.05) is 12.1 Å². The van der Waals surface area contributed by atoms with Crippen molar-refractivity contribution < 1.29 is 9.59 Å². The van der Waals surface area contributed by atoms with Crippen molar-refractivity contribution in [3.63, 3.8) is 0 Å². The maximum absolute atomic E-state index is 13.0. The Kier molecular flexibility index (Phi) is 4.70. The number of hydrogen-bond acceptors (Lipinski definition) is 5. The summed E-state index contributed by atoms with van der Waals surface area (Å²) in [6.07, 6.45) is 4.84. The van der Waals surface area contributed by atoms with Gasteiger partial charge in [0, 0.05) is 36.1 Å². The second kappa shape index (κ2) is 7.48. The Labute approximate surface area is 171 Å². The Bertz CT molecular complexity index is 1300. The van der Waals surface area contributed by atoms with Gasteiger partial charge in [0.2, 0.25) is 5.91 Å². The van der Waals surface area contributed by atoms with Gasteiger partial charge >= 0.3 is 0 Å². The molecule has 146 valence electrons. The van der Waals surface area contributed by atoms with Gasteiger partial charge in [-0.05, 0) is 42.0 Å². The second-order valence-corrected chi connectivity index (χ2v) is 6.63. The fourth-order valence-corrected chi connectivity index (χ4v) is 3.10. The molecule has 0 saturated heterocycles. The van der Waals surface area contributed by atoms with Crippen molar-refractivity contribution in [3.8, 4) is 17.2 Å². The van der Waals surface area contributed by atoms with E-state index in [1.165, 1.54) is 11.1 Å². The molecule has 30 heavy (non-hydrogen) atoms. The zero-order valence-electron chi connectivity index (χ0n) is 16.0. The molecule has 4 rings (SSSR count). The standard InChI is InChI=1S/C22H16N6O2/c1-27(20-7-2-14(11-23)12-25-20)22(30)17-8-9-28-19(10-17)18(13-26-28)15-3-5-16(6-4-15)21(24)29/h2-10,12-13H,1H3,(H2,24,29). The number of rotatable bonds is 4. The molecule has 8 nitrogen and oxygen atoms in total. The van der Waals surface area contributed by atoms with Gasteiger partial charge in [-0.15, -0.1) is 0 Å². The van der Waals surface area contributed by atoms with E-state index in [0.29, 0.717) is 22.5 Å². The average molecular weight is 396 g/mol. The highest BCUT2D eigenvalue weighted by molar-refractivity contribution is 6.06. The quantitative estimate of drug-likeness (QED) is 0.569. The molecule has 2 amide bonds. The number of pyridine rings is 2. The first kappa shape index (κ1) is 18.8. The third kappa shape index (κ3) is 3.36. The van der Waals surface area contributed by atoms with Crippen molar-refractivity contribution in [2.75, 3.05) is 11.9 Å². The van der Waals surface area contributed by atoms with Gasteiger partial charge in [0.15, 0.2) is 0 Å². The molecular formula is C22H16N6O2. The van der Waals surface area contributed by atoms with E-state index in [0.717, 1.165) is 16.6 Å². The number of primary amides is 1. The molecule has 0 radical (unpaired) electrons. The highest BCUT2D eigenvalue weighted by Gasteiger charge is 2.17. The zero-order valence-corrected chi connectivity index (χ0v) is 16.0. The normalized spacial score (nSPS) is 10.5. The summed E-state index contributed by atoms with van der Waals surface area (Å²) in [5.74, 6) is -0.297. The highest BCUT2D eigenvalue weighted by atomic mass is 16.2. The summed E-state index contributed by atoms with van der Waals surface area (Å²) in [7, 11) is 1.63. The van der Waals surface area contributed by atoms with Gasteiger partial charge in [-0.25, -0.2) is 9.50 Å². The van der Waals surface area contributed by atoms with Gasteiger partial charge in [-0.3, -0.25) is 14.5 Å². The maximum atomic E-state index is 13.0. The van der Waals surface area contributed by atoms with E-state index in [9.17, 15) is 9.59 Å². The lowest BCUT2D eigenvalue weighted by atomic mass is 10.0. The molecule has 0 unspecified atom stereocenters. The molecule has 3 heterocycles. The minimum atomic E-state index is -0.492. The van der Waals surface area contributed by atoms with Crippen molar-refractivity contribution in [2.45, 2.75) is 0 Å². The fraction of sp³-hybridized carbons (Fsp3) is 0.0455. The lowest BCUT2D eigenvalue weighted by Crippen LogP contribution is -2.27. The number of carbonyl (C=O) groups is 2. The first-order chi connectivity index (χ1) is 14.5. The highest BCUT2D eigenvalue weighted by Crippen LogP contribution is 2.26. The number of amides is 2. The van der Waals surface area contributed by atoms with Crippen LogP contribution in [0.15, 0.2) is 67.1 Å². The van der Waals surface area contributed by atoms with E-state index < -0.39 is 5.91 Å². The summed E-state index contributed by atoms with van der Waals surface area (Å²) in [4.78, 5) is 29.8. The number of nitrogens with two attached hydrogens (primary N) is 1. The van der Waals surface area contributed by atoms with Crippen LogP contribution in [-0.4, -0.2) is 33.5 Å². The van der Waals surface area contributed by atoms with Gasteiger partial charge in [0.25, 0.3) is 5.91 Å². The van der Waals surface area contributed by atoms with Gasteiger partial charge < -0.3 is 5.73 Å². The number of carbonyl (C=O) groups excluding carboxylic acids is 2. The van der Waals surface area contributed by atoms with Crippen LogP contribution in [0.4, 0.5) is 5.82 Å². The number of nitrogens with zero attached hydrogens (tertiary/aromatic N) is 5. The SMILES string of the molecule is CN(C(=O)c1ccn2ncc(-c3ccc(C(N)=O)cc3)c2c1)c1ccc(C#N)cn1. The minimum absolute atomic E-state index is 0.245. The van der Waals surface area contributed by atoms with E-state index in [-0.39, 0.29) is 5.91 Å². The molecule has 0 aliphatic heterocycles. The van der Waals surface area contributed by atoms with Gasteiger partial charge in [0.05, 0.1) is 17.3 Å². The van der Waals surface area contributed by atoms with Crippen molar-refractivity contribution in [1.82, 2.24) is 14.6 Å². The van der Waals surface area contributed by atoms with Crippen LogP contribution in [-0.2, 0) is 0 Å². The van der Waals surface area contributed by atoms with Crippen molar-refractivity contribution in [3.05, 3.63) is 83.8 Å². The van der Waals surface area contributed by atoms with E-state index in [1.54, 1.807) is 72.5 Å². The molecule has 0 aliphatic carbocycles. The van der Waals surface area contributed by atoms with E-state index in [4.69, 9.17) is 11.0 Å². The summed E-state index contributed by atoms with van der Waals surface area (Å²) in [6.45, 7) is 0. The van der Waals surface area contributed by atoms with Crippen molar-refractivity contribution >= 4 is 23.1 Å². The molecule has 0 saturated carbocycles. The number of fused-ring (bicyclic) bond motifs is 1. The molecule has 0 aliphatic rings. The fourth-order valence-electron chi connectivity index (χ4n) is 3.10. The van der Waals surface area contributed by atoms with Crippen molar-refractivity contribution in [1.29, 1.82) is 5.26 Å². The van der Waals surface area contributed by atoms with Crippen LogP contribution in [0.3, 0.4) is 0 Å². The summed E-state index contributed by atoms with van der Waals surface area (Å²) >= 11 is 0. The Morgan fingerprint density at radius 2 is 1.83 bits per heavy atom. The molecule has 1 aromatic carbocycles. The monoisotopic (exact) mass is 396 g/mol. The number of nitriles is 1. The number of aromatic nitrogens is 3. The third-order valence-corrected chi connectivity index (χ3v) is 4.77. The smallest absolute Gasteiger partial charge is 0.259 e. The molecule has 0 spiro atoms. The van der Waals surface area contributed by atoms with Crippen LogP contribution in [0, 0.1) is 11.3 Å². The predicted octanol–water partition coefficient (Wildman–Crippen LogP) is 2.64. The molecular weight excluding hydrogens is 380 g/mol. The summed E-state index contributed by atoms with van der Waals surface area (Å²) in [5.41, 5.74) is 9.02. The molecule has 0 bridgehead atoms. The lowest BCUT2D eigenvalue weighted by molar-refractivity contribution is 0.0987. The molecule has 0 atom stereocenters. The van der Waals surface area contributed by atoms with Gasteiger partial charge in [-0.2, -0.15) is 10.4 Å². The molecule has 3 aromatic heterocycles.